The Hall–Kier alpha value is -3.72. The van der Waals surface area contributed by atoms with Gasteiger partial charge in [-0.25, -0.2) is 23.8 Å². The van der Waals surface area contributed by atoms with Crippen molar-refractivity contribution in [3.05, 3.63) is 79.0 Å². The number of rotatable bonds is 8. The second-order valence-corrected chi connectivity index (χ2v) is 10.7. The molecule has 2 N–H and O–H groups in total. The van der Waals surface area contributed by atoms with Gasteiger partial charge in [0, 0.05) is 40.4 Å². The molecule has 0 bridgehead atoms. The molecule has 9 nitrogen and oxygen atoms in total. The molecule has 4 aromatic rings. The Kier molecular flexibility index (Phi) is 8.32. The summed E-state index contributed by atoms with van der Waals surface area (Å²) in [6.45, 7) is 3.89. The number of fused-ring (bicyclic) bond motifs is 1. The minimum atomic E-state index is -5.02. The molecule has 0 unspecified atom stereocenters. The summed E-state index contributed by atoms with van der Waals surface area (Å²) in [5.41, 5.74) is -4.58. The molecule has 0 aliphatic carbocycles. The number of nitrogens with zero attached hydrogens (tertiary/aromatic N) is 4. The minimum Gasteiger partial charge on any atom is -0.488 e. The fourth-order valence-electron chi connectivity index (χ4n) is 4.11. The Morgan fingerprint density at radius 3 is 2.39 bits per heavy atom. The number of pyridine rings is 1. The summed E-state index contributed by atoms with van der Waals surface area (Å²) >= 11 is 3.32. The fourth-order valence-corrected chi connectivity index (χ4v) is 4.69. The second-order valence-electron chi connectivity index (χ2n) is 9.86. The third kappa shape index (κ3) is 6.62. The molecule has 15 heteroatoms. The van der Waals surface area contributed by atoms with E-state index >= 15 is 4.39 Å². The molecule has 0 fully saturated rings. The lowest BCUT2D eigenvalue weighted by atomic mass is 10.0. The Labute approximate surface area is 237 Å². The van der Waals surface area contributed by atoms with Gasteiger partial charge in [-0.05, 0) is 48.8 Å². The Balaban J connectivity index is 1.56. The van der Waals surface area contributed by atoms with Crippen LogP contribution in [0, 0.1) is 5.82 Å². The molecule has 0 amide bonds. The number of H-pyrrole nitrogens is 1. The van der Waals surface area contributed by atoms with Crippen molar-refractivity contribution >= 4 is 26.7 Å². The van der Waals surface area contributed by atoms with Gasteiger partial charge in [0.2, 0.25) is 0 Å². The Morgan fingerprint density at radius 1 is 1.12 bits per heavy atom. The summed E-state index contributed by atoms with van der Waals surface area (Å²) < 4.78 is 76.3. The van der Waals surface area contributed by atoms with Crippen LogP contribution < -0.4 is 15.9 Å². The van der Waals surface area contributed by atoms with Gasteiger partial charge in [0.1, 0.15) is 12.0 Å². The van der Waals surface area contributed by atoms with E-state index in [2.05, 4.69) is 31.0 Å². The van der Waals surface area contributed by atoms with Crippen molar-refractivity contribution in [3.8, 4) is 17.1 Å². The van der Waals surface area contributed by atoms with Crippen LogP contribution in [0.25, 0.3) is 22.2 Å². The molecule has 2 atom stereocenters. The highest BCUT2D eigenvalue weighted by Crippen LogP contribution is 2.34. The van der Waals surface area contributed by atoms with Crippen LogP contribution >= 0.6 is 15.9 Å². The van der Waals surface area contributed by atoms with Crippen molar-refractivity contribution in [2.45, 2.75) is 57.8 Å². The fraction of sp³-hybridized carbons (Fsp3) is 0.346. The van der Waals surface area contributed by atoms with Crippen LogP contribution in [0.5, 0.6) is 5.75 Å². The number of aliphatic hydroxyl groups is 1. The van der Waals surface area contributed by atoms with Crippen LogP contribution in [0.15, 0.2) is 51.0 Å². The van der Waals surface area contributed by atoms with Crippen LogP contribution in [0.3, 0.4) is 0 Å². The van der Waals surface area contributed by atoms with E-state index in [1.807, 2.05) is 0 Å². The average Bonchev–Trinajstić information content (AvgIpc) is 2.85. The van der Waals surface area contributed by atoms with E-state index in [0.717, 1.165) is 10.6 Å². The average molecular weight is 644 g/mol. The predicted molar refractivity (Wildman–Crippen MR) is 142 cm³/mol. The number of halogens is 6. The molecule has 0 aliphatic heterocycles. The number of aromatic nitrogens is 5. The van der Waals surface area contributed by atoms with Gasteiger partial charge in [-0.2, -0.15) is 18.3 Å². The van der Waals surface area contributed by atoms with Crippen molar-refractivity contribution in [1.82, 2.24) is 24.7 Å². The van der Waals surface area contributed by atoms with Gasteiger partial charge in [0.25, 0.3) is 11.1 Å². The summed E-state index contributed by atoms with van der Waals surface area (Å²) in [7, 11) is 0. The van der Waals surface area contributed by atoms with Gasteiger partial charge in [-0.1, -0.05) is 0 Å². The molecule has 0 radical (unpaired) electrons. The van der Waals surface area contributed by atoms with E-state index in [0.29, 0.717) is 21.6 Å². The molecule has 3 aromatic heterocycles. The zero-order valence-corrected chi connectivity index (χ0v) is 23.3. The molecule has 218 valence electrons. The van der Waals surface area contributed by atoms with Crippen LogP contribution in [0.2, 0.25) is 0 Å². The zero-order chi connectivity index (χ0) is 30.3. The van der Waals surface area contributed by atoms with E-state index in [4.69, 9.17) is 4.74 Å². The molecule has 0 spiro atoms. The normalized spacial score (nSPS) is 13.8. The summed E-state index contributed by atoms with van der Waals surface area (Å²) in [6.07, 6.45) is -3.63. The number of hydrogen-bond donors (Lipinski definition) is 2. The van der Waals surface area contributed by atoms with E-state index in [1.54, 1.807) is 18.9 Å². The van der Waals surface area contributed by atoms with E-state index in [-0.39, 0.29) is 16.8 Å². The number of alkyl halides is 4. The molecular formula is C26H23BrF5N5O4. The lowest BCUT2D eigenvalue weighted by molar-refractivity contribution is -0.140. The van der Waals surface area contributed by atoms with E-state index in [1.165, 1.54) is 31.6 Å². The number of aromatic amines is 1. The third-order valence-electron chi connectivity index (χ3n) is 6.14. The maximum Gasteiger partial charge on any atom is 0.425 e. The SMILES string of the molecule is C[C@@H](C[C@H](F)Cn1cc(Br)c2cc(-c3ncc(C(C)(C)O)cn3)c(F)cc2c1=O)Oc1cn[nH]c(=O)c1C(F)(F)F. The molecule has 0 saturated heterocycles. The van der Waals surface area contributed by atoms with Gasteiger partial charge in [0.15, 0.2) is 17.1 Å². The first kappa shape index (κ1) is 30.2. The Morgan fingerprint density at radius 2 is 1.78 bits per heavy atom. The summed E-state index contributed by atoms with van der Waals surface area (Å²) in [6, 6.07) is 2.36. The highest BCUT2D eigenvalue weighted by atomic mass is 79.9. The third-order valence-corrected chi connectivity index (χ3v) is 6.77. The number of hydrogen-bond acceptors (Lipinski definition) is 7. The standard InChI is InChI=1S/C26H23BrF5N5O4/c1-12(41-20-9-35-36-23(38)21(20)26(30,31)32)4-14(28)10-37-11-18(27)15-5-17(19(29)6-16(15)24(37)39)22-33-7-13(8-34-22)25(2,3)40/h5-9,11-12,14,40H,4,10H2,1-3H3,(H,36,38)/t12-,14-/m0/s1. The maximum atomic E-state index is 15.1. The minimum absolute atomic E-state index is 0.000507. The first-order chi connectivity index (χ1) is 19.1. The lowest BCUT2D eigenvalue weighted by Crippen LogP contribution is -2.29. The predicted octanol–water partition coefficient (Wildman–Crippen LogP) is 4.89. The Bertz CT molecular complexity index is 1700. The van der Waals surface area contributed by atoms with Gasteiger partial charge < -0.3 is 14.4 Å². The van der Waals surface area contributed by atoms with Gasteiger partial charge in [-0.3, -0.25) is 9.59 Å². The molecular weight excluding hydrogens is 621 g/mol. The van der Waals surface area contributed by atoms with Gasteiger partial charge in [0.05, 0.1) is 35.4 Å². The quantitative estimate of drug-likeness (QED) is 0.262. The van der Waals surface area contributed by atoms with E-state index < -0.39 is 65.3 Å². The maximum absolute atomic E-state index is 15.1. The summed E-state index contributed by atoms with van der Waals surface area (Å²) in [5.74, 6) is -1.63. The van der Waals surface area contributed by atoms with Gasteiger partial charge in [-0.15, -0.1) is 0 Å². The van der Waals surface area contributed by atoms with Crippen molar-refractivity contribution in [3.63, 3.8) is 0 Å². The topological polar surface area (TPSA) is 123 Å². The van der Waals surface area contributed by atoms with Crippen molar-refractivity contribution in [1.29, 1.82) is 0 Å². The van der Waals surface area contributed by atoms with Gasteiger partial charge >= 0.3 is 6.18 Å². The smallest absolute Gasteiger partial charge is 0.425 e. The molecule has 0 aliphatic rings. The van der Waals surface area contributed by atoms with Crippen LogP contribution in [0.1, 0.15) is 38.3 Å². The molecule has 0 saturated carbocycles. The first-order valence-electron chi connectivity index (χ1n) is 12.1. The van der Waals surface area contributed by atoms with Crippen LogP contribution in [0.4, 0.5) is 22.0 Å². The van der Waals surface area contributed by atoms with Crippen molar-refractivity contribution < 1.29 is 31.8 Å². The number of nitrogens with one attached hydrogen (secondary N) is 1. The highest BCUT2D eigenvalue weighted by molar-refractivity contribution is 9.10. The number of benzene rings is 1. The summed E-state index contributed by atoms with van der Waals surface area (Å²) in [4.78, 5) is 32.9. The second kappa shape index (κ2) is 11.3. The largest absolute Gasteiger partial charge is 0.488 e. The zero-order valence-electron chi connectivity index (χ0n) is 21.8. The van der Waals surface area contributed by atoms with Crippen LogP contribution in [-0.2, 0) is 18.3 Å². The highest BCUT2D eigenvalue weighted by Gasteiger charge is 2.38. The van der Waals surface area contributed by atoms with Crippen LogP contribution in [-0.4, -0.2) is 42.1 Å². The van der Waals surface area contributed by atoms with Crippen molar-refractivity contribution in [2.24, 2.45) is 0 Å². The number of ether oxygens (including phenoxy) is 1. The van der Waals surface area contributed by atoms with Crippen molar-refractivity contribution in [2.75, 3.05) is 0 Å². The summed E-state index contributed by atoms with van der Waals surface area (Å²) in [5, 5.41) is 15.3. The first-order valence-corrected chi connectivity index (χ1v) is 12.9. The molecule has 1 aromatic carbocycles. The molecule has 3 heterocycles. The monoisotopic (exact) mass is 643 g/mol. The molecule has 41 heavy (non-hydrogen) atoms. The lowest BCUT2D eigenvalue weighted by Gasteiger charge is -2.20. The molecule has 4 rings (SSSR count). The van der Waals surface area contributed by atoms with E-state index in [9.17, 15) is 32.3 Å².